The summed E-state index contributed by atoms with van der Waals surface area (Å²) in [5.74, 6) is 0.0459. The quantitative estimate of drug-likeness (QED) is 0.794. The number of benzene rings is 1. The van der Waals surface area contributed by atoms with E-state index in [2.05, 4.69) is 41.1 Å². The van der Waals surface area contributed by atoms with Gasteiger partial charge in [-0.15, -0.1) is 0 Å². The van der Waals surface area contributed by atoms with E-state index in [-0.39, 0.29) is 5.91 Å². The third-order valence-electron chi connectivity index (χ3n) is 7.05. The van der Waals surface area contributed by atoms with Gasteiger partial charge in [0.05, 0.1) is 17.7 Å². The molecule has 2 saturated heterocycles. The van der Waals surface area contributed by atoms with Gasteiger partial charge in [0, 0.05) is 24.7 Å². The average Bonchev–Trinajstić information content (AvgIpc) is 3.31. The Kier molecular flexibility index (Phi) is 3.89. The van der Waals surface area contributed by atoms with Crippen LogP contribution in [0.5, 0.6) is 0 Å². The molecule has 6 nitrogen and oxygen atoms in total. The molecule has 1 N–H and O–H groups in total. The van der Waals surface area contributed by atoms with Crippen molar-refractivity contribution < 1.29 is 14.1 Å². The third kappa shape index (κ3) is 2.64. The second-order valence-electron chi connectivity index (χ2n) is 9.48. The summed E-state index contributed by atoms with van der Waals surface area (Å²) in [4.78, 5) is 15.4. The van der Waals surface area contributed by atoms with Crippen LogP contribution >= 0.6 is 0 Å². The van der Waals surface area contributed by atoms with Gasteiger partial charge in [0.15, 0.2) is 0 Å². The number of nitrogens with zero attached hydrogens (tertiary/aromatic N) is 2. The van der Waals surface area contributed by atoms with Crippen molar-refractivity contribution in [1.82, 2.24) is 14.8 Å². The summed E-state index contributed by atoms with van der Waals surface area (Å²) in [7, 11) is -0.468. The maximum absolute atomic E-state index is 13.4. The van der Waals surface area contributed by atoms with Crippen LogP contribution in [-0.4, -0.2) is 46.8 Å². The number of carbonyl (C=O) groups excluding carboxylic acids is 1. The van der Waals surface area contributed by atoms with Crippen LogP contribution in [0.1, 0.15) is 49.3 Å². The highest BCUT2D eigenvalue weighted by Gasteiger charge is 2.54. The Morgan fingerprint density at radius 2 is 1.72 bits per heavy atom. The van der Waals surface area contributed by atoms with Crippen molar-refractivity contribution in [3.63, 3.8) is 0 Å². The minimum atomic E-state index is -0.510. The SMILES string of the molecule is Cc1ccc(C23Cn4cc(B5OC(C)(C)C(C)(C)O5)cc4C(=O)N2CCN3)cc1. The maximum atomic E-state index is 13.4. The molecular weight excluding hydrogens is 365 g/mol. The number of amides is 1. The second-order valence-corrected chi connectivity index (χ2v) is 9.48. The van der Waals surface area contributed by atoms with Gasteiger partial charge in [-0.1, -0.05) is 29.8 Å². The molecule has 1 atom stereocenters. The van der Waals surface area contributed by atoms with Gasteiger partial charge in [0.25, 0.3) is 5.91 Å². The molecule has 3 aliphatic heterocycles. The highest BCUT2D eigenvalue weighted by molar-refractivity contribution is 6.62. The van der Waals surface area contributed by atoms with Crippen molar-refractivity contribution in [2.45, 2.75) is 58.0 Å². The molecule has 5 rings (SSSR count). The van der Waals surface area contributed by atoms with Crippen LogP contribution in [0.25, 0.3) is 0 Å². The normalized spacial score (nSPS) is 27.3. The molecule has 0 radical (unpaired) electrons. The first-order valence-corrected chi connectivity index (χ1v) is 10.3. The van der Waals surface area contributed by atoms with Crippen molar-refractivity contribution in [3.8, 4) is 0 Å². The smallest absolute Gasteiger partial charge is 0.399 e. The largest absolute Gasteiger partial charge is 0.496 e. The summed E-state index contributed by atoms with van der Waals surface area (Å²) >= 11 is 0. The van der Waals surface area contributed by atoms with Crippen molar-refractivity contribution >= 4 is 18.5 Å². The van der Waals surface area contributed by atoms with Gasteiger partial charge < -0.3 is 18.8 Å². The summed E-state index contributed by atoms with van der Waals surface area (Å²) in [6.07, 6.45) is 2.02. The van der Waals surface area contributed by atoms with Crippen molar-refractivity contribution in [2.75, 3.05) is 13.1 Å². The van der Waals surface area contributed by atoms with Gasteiger partial charge in [-0.3, -0.25) is 10.1 Å². The van der Waals surface area contributed by atoms with E-state index in [9.17, 15) is 4.79 Å². The van der Waals surface area contributed by atoms with E-state index in [0.717, 1.165) is 17.6 Å². The number of hydrogen-bond donors (Lipinski definition) is 1. The lowest BCUT2D eigenvalue weighted by Crippen LogP contribution is -2.57. The summed E-state index contributed by atoms with van der Waals surface area (Å²) in [6, 6.07) is 10.4. The monoisotopic (exact) mass is 393 g/mol. The molecular formula is C22H28BN3O3. The van der Waals surface area contributed by atoms with Crippen LogP contribution in [0.3, 0.4) is 0 Å². The van der Waals surface area contributed by atoms with E-state index in [1.165, 1.54) is 5.56 Å². The van der Waals surface area contributed by atoms with Gasteiger partial charge in [-0.2, -0.15) is 0 Å². The average molecular weight is 393 g/mol. The molecule has 3 aliphatic rings. The first-order chi connectivity index (χ1) is 13.6. The first-order valence-electron chi connectivity index (χ1n) is 10.3. The fraction of sp³-hybridized carbons (Fsp3) is 0.500. The van der Waals surface area contributed by atoms with E-state index >= 15 is 0 Å². The number of carbonyl (C=O) groups is 1. The van der Waals surface area contributed by atoms with Crippen LogP contribution in [0.2, 0.25) is 0 Å². The molecule has 0 spiro atoms. The molecule has 1 unspecified atom stereocenters. The zero-order valence-electron chi connectivity index (χ0n) is 17.8. The predicted molar refractivity (Wildman–Crippen MR) is 112 cm³/mol. The van der Waals surface area contributed by atoms with Crippen LogP contribution < -0.4 is 10.8 Å². The number of aryl methyl sites for hydroxylation is 1. The van der Waals surface area contributed by atoms with E-state index in [4.69, 9.17) is 9.31 Å². The van der Waals surface area contributed by atoms with Crippen LogP contribution in [-0.2, 0) is 21.5 Å². The van der Waals surface area contributed by atoms with E-state index in [0.29, 0.717) is 18.8 Å². The van der Waals surface area contributed by atoms with E-state index in [1.807, 2.05) is 44.9 Å². The van der Waals surface area contributed by atoms with Crippen LogP contribution in [0.4, 0.5) is 0 Å². The van der Waals surface area contributed by atoms with Gasteiger partial charge >= 0.3 is 7.12 Å². The fourth-order valence-corrected chi connectivity index (χ4v) is 4.59. The molecule has 0 saturated carbocycles. The molecule has 2 aromatic rings. The Labute approximate surface area is 172 Å². The summed E-state index contributed by atoms with van der Waals surface area (Å²) in [5, 5.41) is 3.61. The zero-order valence-corrected chi connectivity index (χ0v) is 17.8. The number of hydrogen-bond acceptors (Lipinski definition) is 4. The predicted octanol–water partition coefficient (Wildman–Crippen LogP) is 2.01. The third-order valence-corrected chi connectivity index (χ3v) is 7.05. The van der Waals surface area contributed by atoms with E-state index in [1.54, 1.807) is 0 Å². The van der Waals surface area contributed by atoms with Gasteiger partial charge in [0.2, 0.25) is 0 Å². The van der Waals surface area contributed by atoms with Crippen molar-refractivity contribution in [2.24, 2.45) is 0 Å². The summed E-state index contributed by atoms with van der Waals surface area (Å²) in [5.41, 5.74) is 2.59. The molecule has 1 aromatic heterocycles. The Hall–Kier alpha value is -2.09. The maximum Gasteiger partial charge on any atom is 0.496 e. The molecule has 1 amide bonds. The molecule has 0 bridgehead atoms. The lowest BCUT2D eigenvalue weighted by molar-refractivity contribution is 0.00578. The molecule has 4 heterocycles. The molecule has 29 heavy (non-hydrogen) atoms. The molecule has 2 fully saturated rings. The Balaban J connectivity index is 1.53. The lowest BCUT2D eigenvalue weighted by atomic mass is 9.81. The zero-order chi connectivity index (χ0) is 20.6. The van der Waals surface area contributed by atoms with Gasteiger partial charge in [-0.25, -0.2) is 0 Å². The van der Waals surface area contributed by atoms with Gasteiger partial charge in [0.1, 0.15) is 11.4 Å². The standard InChI is InChI=1S/C22H28BN3O3/c1-15-6-8-16(9-7-15)22-14-25-13-17(23-28-20(2,3)21(4,5)29-23)12-18(25)19(27)26(22)11-10-24-22/h6-9,12-13,24H,10-11,14H2,1-5H3. The number of aromatic nitrogens is 1. The molecule has 7 heteroatoms. The second kappa shape index (κ2) is 5.97. The lowest BCUT2D eigenvalue weighted by Gasteiger charge is -2.43. The summed E-state index contributed by atoms with van der Waals surface area (Å²) in [6.45, 7) is 12.4. The van der Waals surface area contributed by atoms with E-state index < -0.39 is 24.0 Å². The number of fused-ring (bicyclic) bond motifs is 2. The Bertz CT molecular complexity index is 966. The van der Waals surface area contributed by atoms with Crippen molar-refractivity contribution in [3.05, 3.63) is 53.3 Å². The fourth-order valence-electron chi connectivity index (χ4n) is 4.59. The minimum absolute atomic E-state index is 0.0459. The number of rotatable bonds is 2. The van der Waals surface area contributed by atoms with Crippen LogP contribution in [0.15, 0.2) is 36.5 Å². The first kappa shape index (κ1) is 18.9. The van der Waals surface area contributed by atoms with Crippen LogP contribution in [0, 0.1) is 6.92 Å². The highest BCUT2D eigenvalue weighted by Crippen LogP contribution is 2.39. The molecule has 152 valence electrons. The molecule has 1 aromatic carbocycles. The minimum Gasteiger partial charge on any atom is -0.399 e. The Morgan fingerprint density at radius 3 is 2.38 bits per heavy atom. The highest BCUT2D eigenvalue weighted by atomic mass is 16.7. The Morgan fingerprint density at radius 1 is 1.07 bits per heavy atom. The number of nitrogens with one attached hydrogen (secondary N) is 1. The topological polar surface area (TPSA) is 55.7 Å². The van der Waals surface area contributed by atoms with Gasteiger partial charge in [-0.05, 0) is 46.2 Å². The molecule has 0 aliphatic carbocycles. The van der Waals surface area contributed by atoms with Crippen molar-refractivity contribution in [1.29, 1.82) is 0 Å². The summed E-state index contributed by atoms with van der Waals surface area (Å²) < 4.78 is 14.5.